The van der Waals surface area contributed by atoms with Crippen molar-refractivity contribution in [2.75, 3.05) is 13.2 Å². The number of nitrogens with one attached hydrogen (secondary N) is 1. The van der Waals surface area contributed by atoms with Crippen LogP contribution in [0.2, 0.25) is 0 Å². The third kappa shape index (κ3) is 48.1. The van der Waals surface area contributed by atoms with Crippen LogP contribution in [0, 0.1) is 0 Å². The van der Waals surface area contributed by atoms with Gasteiger partial charge in [-0.3, -0.25) is 9.59 Å². The van der Waals surface area contributed by atoms with Gasteiger partial charge in [-0.2, -0.15) is 0 Å². The quantitative estimate of drug-likeness (QED) is 0.0321. The number of carbonyl (C=O) groups is 2. The van der Waals surface area contributed by atoms with Gasteiger partial charge >= 0.3 is 5.97 Å². The van der Waals surface area contributed by atoms with Gasteiger partial charge in [0.1, 0.15) is 0 Å². The number of amides is 1. The van der Waals surface area contributed by atoms with E-state index >= 15 is 0 Å². The van der Waals surface area contributed by atoms with E-state index in [-0.39, 0.29) is 18.5 Å². The Morgan fingerprint density at radius 2 is 0.742 bits per heavy atom. The molecule has 0 saturated carbocycles. The molecular formula is C56H109NO5. The summed E-state index contributed by atoms with van der Waals surface area (Å²) in [7, 11) is 0. The molecule has 3 N–H and O–H groups in total. The standard InChI is InChI=1S/C56H109NO5/c1-3-5-7-9-11-13-15-17-26-30-34-38-42-46-50-56(61)62-51-47-43-39-35-31-27-23-21-19-18-20-22-25-29-33-37-41-45-49-55(60)57-53(52-58)54(59)48-44-40-36-32-28-24-16-14-12-10-8-6-4-2/h44,48,53-54,58-59H,3-43,45-47,49-52H2,1-2H3,(H,57,60)/b48-44+. The predicted molar refractivity (Wildman–Crippen MR) is 269 cm³/mol. The zero-order valence-corrected chi connectivity index (χ0v) is 41.9. The highest BCUT2D eigenvalue weighted by atomic mass is 16.5. The third-order valence-electron chi connectivity index (χ3n) is 13.1. The van der Waals surface area contributed by atoms with Crippen molar-refractivity contribution in [1.29, 1.82) is 0 Å². The summed E-state index contributed by atoms with van der Waals surface area (Å²) in [4.78, 5) is 24.5. The van der Waals surface area contributed by atoms with E-state index in [1.807, 2.05) is 6.08 Å². The summed E-state index contributed by atoms with van der Waals surface area (Å²) in [6.45, 7) is 4.90. The second-order valence-electron chi connectivity index (χ2n) is 19.3. The summed E-state index contributed by atoms with van der Waals surface area (Å²) >= 11 is 0. The van der Waals surface area contributed by atoms with Crippen LogP contribution in [0.5, 0.6) is 0 Å². The molecule has 62 heavy (non-hydrogen) atoms. The van der Waals surface area contributed by atoms with Gasteiger partial charge in [0, 0.05) is 12.8 Å². The molecule has 0 fully saturated rings. The van der Waals surface area contributed by atoms with E-state index in [2.05, 4.69) is 19.2 Å². The second-order valence-corrected chi connectivity index (χ2v) is 19.3. The zero-order valence-electron chi connectivity index (χ0n) is 41.9. The summed E-state index contributed by atoms with van der Waals surface area (Å²) in [6, 6.07) is -0.629. The smallest absolute Gasteiger partial charge is 0.305 e. The minimum Gasteiger partial charge on any atom is -0.466 e. The molecule has 0 aliphatic rings. The molecule has 0 aliphatic heterocycles. The van der Waals surface area contributed by atoms with Crippen LogP contribution in [0.4, 0.5) is 0 Å². The first-order valence-corrected chi connectivity index (χ1v) is 28.0. The number of unbranched alkanes of at least 4 members (excludes halogenated alkanes) is 41. The van der Waals surface area contributed by atoms with Crippen LogP contribution in [0.15, 0.2) is 12.2 Å². The maximum absolute atomic E-state index is 12.4. The zero-order chi connectivity index (χ0) is 45.1. The minimum atomic E-state index is -0.845. The molecule has 6 heteroatoms. The summed E-state index contributed by atoms with van der Waals surface area (Å²) in [5.74, 6) is -0.0621. The maximum Gasteiger partial charge on any atom is 0.305 e. The number of ether oxygens (including phenoxy) is 1. The summed E-state index contributed by atoms with van der Waals surface area (Å²) in [5.41, 5.74) is 0. The Morgan fingerprint density at radius 3 is 1.10 bits per heavy atom. The number of allylic oxidation sites excluding steroid dienone is 1. The normalized spacial score (nSPS) is 12.6. The average Bonchev–Trinajstić information content (AvgIpc) is 3.27. The minimum absolute atomic E-state index is 0.00898. The van der Waals surface area contributed by atoms with Crippen molar-refractivity contribution in [2.45, 2.75) is 321 Å². The van der Waals surface area contributed by atoms with Crippen LogP contribution in [0.3, 0.4) is 0 Å². The summed E-state index contributed by atoms with van der Waals surface area (Å²) < 4.78 is 5.48. The molecule has 0 heterocycles. The molecule has 368 valence electrons. The molecule has 0 aromatic carbocycles. The number of hydrogen-bond donors (Lipinski definition) is 3. The van der Waals surface area contributed by atoms with E-state index in [1.165, 1.54) is 244 Å². The van der Waals surface area contributed by atoms with Crippen molar-refractivity contribution in [3.8, 4) is 0 Å². The highest BCUT2D eigenvalue weighted by Crippen LogP contribution is 2.17. The monoisotopic (exact) mass is 876 g/mol. The van der Waals surface area contributed by atoms with Crippen LogP contribution in [-0.4, -0.2) is 47.4 Å². The molecule has 1 amide bonds. The van der Waals surface area contributed by atoms with Gasteiger partial charge in [0.05, 0.1) is 25.4 Å². The molecule has 2 unspecified atom stereocenters. The van der Waals surface area contributed by atoms with Gasteiger partial charge in [-0.1, -0.05) is 276 Å². The van der Waals surface area contributed by atoms with Crippen molar-refractivity contribution in [3.05, 3.63) is 12.2 Å². The summed E-state index contributed by atoms with van der Waals surface area (Å²) in [6.07, 6.45) is 60.8. The number of carbonyl (C=O) groups excluding carboxylic acids is 2. The van der Waals surface area contributed by atoms with E-state index in [0.29, 0.717) is 19.4 Å². The molecule has 0 radical (unpaired) electrons. The van der Waals surface area contributed by atoms with Crippen LogP contribution in [0.1, 0.15) is 309 Å². The van der Waals surface area contributed by atoms with Gasteiger partial charge in [-0.15, -0.1) is 0 Å². The van der Waals surface area contributed by atoms with Crippen LogP contribution in [-0.2, 0) is 14.3 Å². The van der Waals surface area contributed by atoms with Crippen LogP contribution >= 0.6 is 0 Å². The first kappa shape index (κ1) is 60.6. The first-order valence-electron chi connectivity index (χ1n) is 28.0. The Balaban J connectivity index is 3.41. The topological polar surface area (TPSA) is 95.9 Å². The van der Waals surface area contributed by atoms with E-state index in [1.54, 1.807) is 6.08 Å². The molecule has 2 atom stereocenters. The van der Waals surface area contributed by atoms with E-state index in [9.17, 15) is 19.8 Å². The fourth-order valence-corrected chi connectivity index (χ4v) is 8.75. The molecular weight excluding hydrogens is 767 g/mol. The Bertz CT molecular complexity index is 924. The lowest BCUT2D eigenvalue weighted by Crippen LogP contribution is -2.45. The van der Waals surface area contributed by atoms with Crippen molar-refractivity contribution in [3.63, 3.8) is 0 Å². The second kappa shape index (κ2) is 52.2. The largest absolute Gasteiger partial charge is 0.466 e. The first-order chi connectivity index (χ1) is 30.5. The number of rotatable bonds is 52. The van der Waals surface area contributed by atoms with Gasteiger partial charge in [-0.25, -0.2) is 0 Å². The molecule has 0 aromatic heterocycles. The SMILES string of the molecule is CCCCCCCCCCCCC/C=C/C(O)C(CO)NC(=O)CCCCCCCCCCCCCCCCCCCCOC(=O)CCCCCCCCCCCCCCCC. The highest BCUT2D eigenvalue weighted by molar-refractivity contribution is 5.76. The number of aliphatic hydroxyl groups excluding tert-OH is 2. The van der Waals surface area contributed by atoms with Gasteiger partial charge < -0.3 is 20.3 Å². The fraction of sp³-hybridized carbons (Fsp3) is 0.929. The van der Waals surface area contributed by atoms with Crippen molar-refractivity contribution in [1.82, 2.24) is 5.32 Å². The molecule has 6 nitrogen and oxygen atoms in total. The van der Waals surface area contributed by atoms with Crippen LogP contribution < -0.4 is 5.32 Å². The number of esters is 1. The Morgan fingerprint density at radius 1 is 0.435 bits per heavy atom. The Hall–Kier alpha value is -1.40. The van der Waals surface area contributed by atoms with E-state index in [4.69, 9.17) is 4.74 Å². The van der Waals surface area contributed by atoms with Crippen molar-refractivity contribution < 1.29 is 24.5 Å². The van der Waals surface area contributed by atoms with Gasteiger partial charge in [-0.05, 0) is 32.1 Å². The average molecular weight is 876 g/mol. The Kier molecular flexibility index (Phi) is 51.0. The number of hydrogen-bond acceptors (Lipinski definition) is 5. The van der Waals surface area contributed by atoms with Crippen molar-refractivity contribution >= 4 is 11.9 Å². The molecule has 0 bridgehead atoms. The van der Waals surface area contributed by atoms with Gasteiger partial charge in [0.15, 0.2) is 0 Å². The number of aliphatic hydroxyl groups is 2. The Labute approximate surface area is 387 Å². The van der Waals surface area contributed by atoms with Gasteiger partial charge in [0.2, 0.25) is 5.91 Å². The van der Waals surface area contributed by atoms with Crippen molar-refractivity contribution in [2.24, 2.45) is 0 Å². The van der Waals surface area contributed by atoms with Gasteiger partial charge in [0.25, 0.3) is 0 Å². The summed E-state index contributed by atoms with van der Waals surface area (Å²) in [5, 5.41) is 23.0. The fourth-order valence-electron chi connectivity index (χ4n) is 8.75. The maximum atomic E-state index is 12.4. The van der Waals surface area contributed by atoms with Crippen LogP contribution in [0.25, 0.3) is 0 Å². The predicted octanol–water partition coefficient (Wildman–Crippen LogP) is 16.9. The third-order valence-corrected chi connectivity index (χ3v) is 13.1. The molecule has 0 aromatic rings. The molecule has 0 spiro atoms. The lowest BCUT2D eigenvalue weighted by atomic mass is 10.0. The molecule has 0 rings (SSSR count). The lowest BCUT2D eigenvalue weighted by Gasteiger charge is -2.20. The van der Waals surface area contributed by atoms with E-state index < -0.39 is 12.1 Å². The highest BCUT2D eigenvalue weighted by Gasteiger charge is 2.18. The van der Waals surface area contributed by atoms with E-state index in [0.717, 1.165) is 38.5 Å². The molecule has 0 saturated heterocycles. The molecule has 0 aliphatic carbocycles. The lowest BCUT2D eigenvalue weighted by molar-refractivity contribution is -0.143.